The molecular weight excluding hydrogens is 490 g/mol. The van der Waals surface area contributed by atoms with E-state index in [1.807, 2.05) is 0 Å². The Morgan fingerprint density at radius 1 is 0.600 bits per heavy atom. The lowest BCUT2D eigenvalue weighted by molar-refractivity contribution is 0.704. The predicted molar refractivity (Wildman–Crippen MR) is 153 cm³/mol. The topological polar surface area (TPSA) is 4.93 Å². The van der Waals surface area contributed by atoms with Crippen LogP contribution in [0.1, 0.15) is 30.5 Å². The van der Waals surface area contributed by atoms with Crippen molar-refractivity contribution < 1.29 is 0 Å². The fourth-order valence-electron chi connectivity index (χ4n) is 6.04. The molecule has 0 unspecified atom stereocenters. The SMILES string of the molecule is CC1(C)C(c2cccc3ccccc23)=C(Br)c2cc(-n3c4ccccc4c4ccccc43)ccc21. The molecule has 6 aromatic rings. The predicted octanol–water partition coefficient (Wildman–Crippen LogP) is 9.49. The Hall–Kier alpha value is -3.62. The van der Waals surface area contributed by atoms with E-state index in [9.17, 15) is 0 Å². The first-order valence-corrected chi connectivity index (χ1v) is 12.9. The van der Waals surface area contributed by atoms with Gasteiger partial charge in [-0.25, -0.2) is 0 Å². The van der Waals surface area contributed by atoms with Gasteiger partial charge in [0, 0.05) is 26.4 Å². The van der Waals surface area contributed by atoms with Gasteiger partial charge in [-0.2, -0.15) is 0 Å². The van der Waals surface area contributed by atoms with Gasteiger partial charge in [-0.3, -0.25) is 0 Å². The summed E-state index contributed by atoms with van der Waals surface area (Å²) in [5.41, 5.74) is 8.83. The van der Waals surface area contributed by atoms with Crippen molar-refractivity contribution in [3.8, 4) is 5.69 Å². The fourth-order valence-corrected chi connectivity index (χ4v) is 7.08. The van der Waals surface area contributed by atoms with E-state index in [-0.39, 0.29) is 5.41 Å². The minimum Gasteiger partial charge on any atom is -0.309 e. The zero-order valence-electron chi connectivity index (χ0n) is 19.7. The van der Waals surface area contributed by atoms with Crippen LogP contribution in [0, 0.1) is 0 Å². The van der Waals surface area contributed by atoms with Crippen LogP contribution in [0.4, 0.5) is 0 Å². The number of hydrogen-bond donors (Lipinski definition) is 0. The Labute approximate surface area is 213 Å². The highest BCUT2D eigenvalue weighted by atomic mass is 79.9. The molecule has 168 valence electrons. The van der Waals surface area contributed by atoms with Gasteiger partial charge >= 0.3 is 0 Å². The molecule has 0 saturated carbocycles. The third-order valence-electron chi connectivity index (χ3n) is 7.65. The Balaban J connectivity index is 1.50. The van der Waals surface area contributed by atoms with E-state index in [1.165, 1.54) is 65.0 Å². The van der Waals surface area contributed by atoms with Crippen molar-refractivity contribution in [1.82, 2.24) is 4.57 Å². The molecule has 0 fully saturated rings. The molecule has 0 N–H and O–H groups in total. The van der Waals surface area contributed by atoms with Crippen molar-refractivity contribution in [3.05, 3.63) is 126 Å². The smallest absolute Gasteiger partial charge is 0.0541 e. The fraction of sp³-hybridized carbons (Fsp3) is 0.0909. The Kier molecular flexibility index (Phi) is 4.40. The van der Waals surface area contributed by atoms with Crippen LogP contribution < -0.4 is 0 Å². The zero-order chi connectivity index (χ0) is 23.7. The number of nitrogens with zero attached hydrogens (tertiary/aromatic N) is 1. The summed E-state index contributed by atoms with van der Waals surface area (Å²) in [6, 6.07) is 39.7. The molecule has 0 radical (unpaired) electrons. The first kappa shape index (κ1) is 20.7. The summed E-state index contributed by atoms with van der Waals surface area (Å²) in [6.07, 6.45) is 0. The minimum absolute atomic E-state index is 0.113. The number of benzene rings is 5. The van der Waals surface area contributed by atoms with Crippen LogP contribution >= 0.6 is 15.9 Å². The Morgan fingerprint density at radius 3 is 1.91 bits per heavy atom. The van der Waals surface area contributed by atoms with Crippen LogP contribution in [-0.2, 0) is 5.41 Å². The molecule has 1 aliphatic rings. The maximum absolute atomic E-state index is 4.07. The van der Waals surface area contributed by atoms with Gasteiger partial charge in [-0.05, 0) is 73.2 Å². The molecule has 0 amide bonds. The van der Waals surface area contributed by atoms with Crippen molar-refractivity contribution in [2.24, 2.45) is 0 Å². The van der Waals surface area contributed by atoms with Crippen molar-refractivity contribution in [3.63, 3.8) is 0 Å². The molecule has 0 atom stereocenters. The van der Waals surface area contributed by atoms with Gasteiger partial charge in [0.2, 0.25) is 0 Å². The van der Waals surface area contributed by atoms with Gasteiger partial charge in [0.05, 0.1) is 11.0 Å². The summed E-state index contributed by atoms with van der Waals surface area (Å²) in [6.45, 7) is 4.69. The summed E-state index contributed by atoms with van der Waals surface area (Å²) in [7, 11) is 0. The van der Waals surface area contributed by atoms with E-state index >= 15 is 0 Å². The van der Waals surface area contributed by atoms with Crippen molar-refractivity contribution >= 4 is 58.6 Å². The lowest BCUT2D eigenvalue weighted by Crippen LogP contribution is -2.16. The highest BCUT2D eigenvalue weighted by Gasteiger charge is 2.38. The standard InChI is InChI=1S/C33H24BrN/c1-33(2)28-19-18-22(35-29-16-7-5-13-24(29)25-14-6-8-17-30(25)35)20-27(28)32(34)31(33)26-15-9-11-21-10-3-4-12-23(21)26/h3-20H,1-2H3. The lowest BCUT2D eigenvalue weighted by atomic mass is 9.77. The molecule has 1 aromatic heterocycles. The molecule has 1 aliphatic carbocycles. The molecular formula is C33H24BrN. The van der Waals surface area contributed by atoms with Gasteiger partial charge < -0.3 is 4.57 Å². The molecule has 0 bridgehead atoms. The molecule has 5 aromatic carbocycles. The molecule has 1 heterocycles. The number of fused-ring (bicyclic) bond motifs is 5. The normalized spacial score (nSPS) is 14.8. The average molecular weight is 514 g/mol. The third-order valence-corrected chi connectivity index (χ3v) is 8.48. The van der Waals surface area contributed by atoms with Crippen molar-refractivity contribution in [2.75, 3.05) is 0 Å². The quantitative estimate of drug-likeness (QED) is 0.217. The summed E-state index contributed by atoms with van der Waals surface area (Å²) in [5.74, 6) is 0. The van der Waals surface area contributed by atoms with E-state index in [0.29, 0.717) is 0 Å². The van der Waals surface area contributed by atoms with E-state index < -0.39 is 0 Å². The maximum atomic E-state index is 4.07. The Morgan fingerprint density at radius 2 is 1.20 bits per heavy atom. The second kappa shape index (κ2) is 7.44. The highest BCUT2D eigenvalue weighted by Crippen LogP contribution is 2.54. The van der Waals surface area contributed by atoms with Gasteiger partial charge in [-0.15, -0.1) is 0 Å². The molecule has 0 spiro atoms. The number of para-hydroxylation sites is 2. The average Bonchev–Trinajstić information content (AvgIpc) is 3.32. The first-order valence-electron chi connectivity index (χ1n) is 12.1. The van der Waals surface area contributed by atoms with Crippen molar-refractivity contribution in [1.29, 1.82) is 0 Å². The second-order valence-corrected chi connectivity index (χ2v) is 10.7. The van der Waals surface area contributed by atoms with Crippen LogP contribution in [0.2, 0.25) is 0 Å². The van der Waals surface area contributed by atoms with Crippen LogP contribution in [0.15, 0.2) is 109 Å². The van der Waals surface area contributed by atoms with E-state index in [0.717, 1.165) is 0 Å². The molecule has 35 heavy (non-hydrogen) atoms. The highest BCUT2D eigenvalue weighted by molar-refractivity contribution is 9.15. The summed E-state index contributed by atoms with van der Waals surface area (Å²) in [4.78, 5) is 0. The number of allylic oxidation sites excluding steroid dienone is 1. The van der Waals surface area contributed by atoms with Gasteiger partial charge in [0.15, 0.2) is 0 Å². The van der Waals surface area contributed by atoms with Crippen LogP contribution in [0.25, 0.3) is 48.3 Å². The first-order chi connectivity index (χ1) is 17.1. The van der Waals surface area contributed by atoms with Crippen LogP contribution in [0.5, 0.6) is 0 Å². The van der Waals surface area contributed by atoms with Gasteiger partial charge in [-0.1, -0.05) is 98.8 Å². The monoisotopic (exact) mass is 513 g/mol. The van der Waals surface area contributed by atoms with Crippen molar-refractivity contribution in [2.45, 2.75) is 19.3 Å². The lowest BCUT2D eigenvalue weighted by Gasteiger charge is -2.26. The number of aromatic nitrogens is 1. The maximum Gasteiger partial charge on any atom is 0.0541 e. The largest absolute Gasteiger partial charge is 0.309 e. The summed E-state index contributed by atoms with van der Waals surface area (Å²) in [5, 5.41) is 5.14. The van der Waals surface area contributed by atoms with Crippen LogP contribution in [-0.4, -0.2) is 4.57 Å². The van der Waals surface area contributed by atoms with E-state index in [4.69, 9.17) is 0 Å². The minimum atomic E-state index is -0.113. The number of halogens is 1. The summed E-state index contributed by atoms with van der Waals surface area (Å²) < 4.78 is 3.59. The van der Waals surface area contributed by atoms with Gasteiger partial charge in [0.1, 0.15) is 0 Å². The molecule has 1 nitrogen and oxygen atoms in total. The van der Waals surface area contributed by atoms with E-state index in [1.54, 1.807) is 0 Å². The molecule has 0 aliphatic heterocycles. The second-order valence-electron chi connectivity index (χ2n) is 9.94. The zero-order valence-corrected chi connectivity index (χ0v) is 21.3. The number of rotatable bonds is 2. The molecule has 2 heteroatoms. The number of hydrogen-bond acceptors (Lipinski definition) is 0. The third kappa shape index (κ3) is 2.87. The Bertz CT molecular complexity index is 1770. The van der Waals surface area contributed by atoms with Gasteiger partial charge in [0.25, 0.3) is 0 Å². The van der Waals surface area contributed by atoms with E-state index in [2.05, 4.69) is 144 Å². The van der Waals surface area contributed by atoms with Crippen LogP contribution in [0.3, 0.4) is 0 Å². The summed E-state index contributed by atoms with van der Waals surface area (Å²) >= 11 is 4.07. The molecule has 0 saturated heterocycles. The molecule has 7 rings (SSSR count).